The highest BCUT2D eigenvalue weighted by Crippen LogP contribution is 2.50. The average molecular weight is 304 g/mol. The van der Waals surface area contributed by atoms with Gasteiger partial charge in [0, 0.05) is 29.1 Å². The van der Waals surface area contributed by atoms with E-state index in [1.54, 1.807) is 6.07 Å². The fourth-order valence-corrected chi connectivity index (χ4v) is 2.78. The van der Waals surface area contributed by atoms with Crippen LogP contribution in [0, 0.1) is 5.82 Å². The van der Waals surface area contributed by atoms with Crippen molar-refractivity contribution in [2.45, 2.75) is 44.6 Å². The molecule has 1 aromatic heterocycles. The number of aromatic amines is 1. The highest BCUT2D eigenvalue weighted by atomic mass is 19.1. The molecule has 1 heterocycles. The fourth-order valence-electron chi connectivity index (χ4n) is 2.78. The van der Waals surface area contributed by atoms with E-state index in [2.05, 4.69) is 10.3 Å². The minimum absolute atomic E-state index is 0.0625. The standard InChI is InChI=1S/C17H21FN2O2/c1-16(2,3)22-15(21)20-10-17(6-7-17)13-9-19-14-8-11(18)4-5-12(13)14/h4-5,8-9,19H,6-7,10H2,1-3H3,(H,20,21). The maximum Gasteiger partial charge on any atom is 0.407 e. The van der Waals surface area contributed by atoms with Crippen molar-refractivity contribution in [3.8, 4) is 0 Å². The van der Waals surface area contributed by atoms with Crippen molar-refractivity contribution in [2.24, 2.45) is 0 Å². The van der Waals surface area contributed by atoms with Crippen LogP contribution in [0.2, 0.25) is 0 Å². The molecule has 22 heavy (non-hydrogen) atoms. The second kappa shape index (κ2) is 5.00. The molecule has 0 spiro atoms. The number of aromatic nitrogens is 1. The van der Waals surface area contributed by atoms with Crippen molar-refractivity contribution < 1.29 is 13.9 Å². The van der Waals surface area contributed by atoms with E-state index in [-0.39, 0.29) is 11.2 Å². The Morgan fingerprint density at radius 3 is 2.77 bits per heavy atom. The van der Waals surface area contributed by atoms with E-state index < -0.39 is 11.7 Å². The van der Waals surface area contributed by atoms with Crippen LogP contribution in [0.4, 0.5) is 9.18 Å². The molecule has 0 bridgehead atoms. The topological polar surface area (TPSA) is 54.1 Å². The Hall–Kier alpha value is -2.04. The summed E-state index contributed by atoms with van der Waals surface area (Å²) in [6.45, 7) is 6.06. The van der Waals surface area contributed by atoms with Crippen LogP contribution < -0.4 is 5.32 Å². The molecule has 4 nitrogen and oxygen atoms in total. The quantitative estimate of drug-likeness (QED) is 0.904. The molecule has 0 aliphatic heterocycles. The lowest BCUT2D eigenvalue weighted by molar-refractivity contribution is 0.0522. The van der Waals surface area contributed by atoms with Gasteiger partial charge in [-0.25, -0.2) is 9.18 Å². The van der Waals surface area contributed by atoms with Gasteiger partial charge in [0.25, 0.3) is 0 Å². The predicted molar refractivity (Wildman–Crippen MR) is 83.4 cm³/mol. The number of H-pyrrole nitrogens is 1. The molecule has 2 N–H and O–H groups in total. The first kappa shape index (κ1) is 14.9. The number of nitrogens with one attached hydrogen (secondary N) is 2. The van der Waals surface area contributed by atoms with Gasteiger partial charge in [-0.05, 0) is 57.4 Å². The normalized spacial score (nSPS) is 16.5. The molecule has 0 unspecified atom stereocenters. The van der Waals surface area contributed by atoms with Gasteiger partial charge in [0.2, 0.25) is 0 Å². The minimum atomic E-state index is -0.501. The van der Waals surface area contributed by atoms with Crippen LogP contribution in [0.15, 0.2) is 24.4 Å². The van der Waals surface area contributed by atoms with E-state index in [4.69, 9.17) is 4.74 Å². The molecule has 1 aromatic carbocycles. The van der Waals surface area contributed by atoms with Gasteiger partial charge in [0.15, 0.2) is 0 Å². The molecule has 3 rings (SSSR count). The maximum absolute atomic E-state index is 13.3. The van der Waals surface area contributed by atoms with Gasteiger partial charge >= 0.3 is 6.09 Å². The lowest BCUT2D eigenvalue weighted by Crippen LogP contribution is -2.36. The van der Waals surface area contributed by atoms with E-state index in [0.717, 1.165) is 29.3 Å². The Morgan fingerprint density at radius 1 is 1.41 bits per heavy atom. The lowest BCUT2D eigenvalue weighted by Gasteiger charge is -2.21. The van der Waals surface area contributed by atoms with Crippen molar-refractivity contribution in [3.63, 3.8) is 0 Å². The third-order valence-corrected chi connectivity index (χ3v) is 4.04. The number of fused-ring (bicyclic) bond motifs is 1. The van der Waals surface area contributed by atoms with Gasteiger partial charge in [0.1, 0.15) is 11.4 Å². The van der Waals surface area contributed by atoms with Gasteiger partial charge in [-0.3, -0.25) is 0 Å². The van der Waals surface area contributed by atoms with Gasteiger partial charge in [-0.15, -0.1) is 0 Å². The zero-order valence-electron chi connectivity index (χ0n) is 13.1. The third kappa shape index (κ3) is 2.93. The second-order valence-electron chi connectivity index (χ2n) is 7.03. The van der Waals surface area contributed by atoms with Crippen molar-refractivity contribution in [2.75, 3.05) is 6.54 Å². The van der Waals surface area contributed by atoms with E-state index in [1.807, 2.05) is 27.0 Å². The molecule has 1 aliphatic carbocycles. The smallest absolute Gasteiger partial charge is 0.407 e. The summed E-state index contributed by atoms with van der Waals surface area (Å²) in [5, 5.41) is 3.88. The molecule has 1 saturated carbocycles. The summed E-state index contributed by atoms with van der Waals surface area (Å²) in [6, 6.07) is 4.76. The van der Waals surface area contributed by atoms with Crippen molar-refractivity contribution in [3.05, 3.63) is 35.8 Å². The predicted octanol–water partition coefficient (Wildman–Crippen LogP) is 3.86. The summed E-state index contributed by atoms with van der Waals surface area (Å²) in [7, 11) is 0. The number of halogens is 1. The van der Waals surface area contributed by atoms with Crippen LogP contribution in [-0.2, 0) is 10.2 Å². The molecule has 118 valence electrons. The SMILES string of the molecule is CC(C)(C)OC(=O)NCC1(c2c[nH]c3cc(F)ccc23)CC1. The zero-order chi connectivity index (χ0) is 16.0. The first-order chi connectivity index (χ1) is 10.3. The molecule has 1 amide bonds. The second-order valence-corrected chi connectivity index (χ2v) is 7.03. The van der Waals surface area contributed by atoms with Gasteiger partial charge in [-0.1, -0.05) is 0 Å². The molecular formula is C17H21FN2O2. The van der Waals surface area contributed by atoms with Crippen molar-refractivity contribution >= 4 is 17.0 Å². The number of amides is 1. The largest absolute Gasteiger partial charge is 0.444 e. The highest BCUT2D eigenvalue weighted by molar-refractivity contribution is 5.85. The molecule has 5 heteroatoms. The van der Waals surface area contributed by atoms with E-state index in [0.29, 0.717) is 6.54 Å². The van der Waals surface area contributed by atoms with Gasteiger partial charge in [0.05, 0.1) is 0 Å². The molecule has 0 radical (unpaired) electrons. The van der Waals surface area contributed by atoms with Crippen LogP contribution in [0.1, 0.15) is 39.2 Å². The van der Waals surface area contributed by atoms with Crippen LogP contribution >= 0.6 is 0 Å². The molecular weight excluding hydrogens is 283 g/mol. The summed E-state index contributed by atoms with van der Waals surface area (Å²) >= 11 is 0. The Labute approximate surface area is 129 Å². The molecule has 0 saturated heterocycles. The molecule has 0 atom stereocenters. The van der Waals surface area contributed by atoms with Gasteiger partial charge in [-0.2, -0.15) is 0 Å². The number of hydrogen-bond donors (Lipinski definition) is 2. The Bertz CT molecular complexity index is 711. The number of benzene rings is 1. The van der Waals surface area contributed by atoms with E-state index >= 15 is 0 Å². The molecule has 1 aliphatic rings. The summed E-state index contributed by atoms with van der Waals surface area (Å²) in [5.74, 6) is -0.252. The first-order valence-electron chi connectivity index (χ1n) is 7.53. The number of rotatable bonds is 3. The zero-order valence-corrected chi connectivity index (χ0v) is 13.1. The van der Waals surface area contributed by atoms with Crippen molar-refractivity contribution in [1.82, 2.24) is 10.3 Å². The monoisotopic (exact) mass is 304 g/mol. The van der Waals surface area contributed by atoms with Crippen LogP contribution in [-0.4, -0.2) is 23.2 Å². The number of carbonyl (C=O) groups is 1. The molecule has 2 aromatic rings. The number of hydrogen-bond acceptors (Lipinski definition) is 2. The Balaban J connectivity index is 1.74. The number of alkyl carbamates (subject to hydrolysis) is 1. The average Bonchev–Trinajstić information content (AvgIpc) is 3.07. The lowest BCUT2D eigenvalue weighted by atomic mass is 9.95. The minimum Gasteiger partial charge on any atom is -0.444 e. The summed E-state index contributed by atoms with van der Waals surface area (Å²) in [6.07, 6.45) is 3.54. The highest BCUT2D eigenvalue weighted by Gasteiger charge is 2.46. The van der Waals surface area contributed by atoms with Gasteiger partial charge < -0.3 is 15.0 Å². The fraction of sp³-hybridized carbons (Fsp3) is 0.471. The van der Waals surface area contributed by atoms with Crippen LogP contribution in [0.25, 0.3) is 10.9 Å². The van der Waals surface area contributed by atoms with Crippen molar-refractivity contribution in [1.29, 1.82) is 0 Å². The summed E-state index contributed by atoms with van der Waals surface area (Å²) in [4.78, 5) is 14.9. The Kier molecular flexibility index (Phi) is 3.38. The number of carbonyl (C=O) groups excluding carboxylic acids is 1. The van der Waals surface area contributed by atoms with E-state index in [9.17, 15) is 9.18 Å². The van der Waals surface area contributed by atoms with Crippen LogP contribution in [0.3, 0.4) is 0 Å². The van der Waals surface area contributed by atoms with E-state index in [1.165, 1.54) is 12.1 Å². The molecule has 1 fully saturated rings. The van der Waals surface area contributed by atoms with Crippen LogP contribution in [0.5, 0.6) is 0 Å². The maximum atomic E-state index is 13.3. The third-order valence-electron chi connectivity index (χ3n) is 4.04. The first-order valence-corrected chi connectivity index (χ1v) is 7.53. The number of ether oxygens (including phenoxy) is 1. The summed E-state index contributed by atoms with van der Waals surface area (Å²) < 4.78 is 18.5. The summed E-state index contributed by atoms with van der Waals surface area (Å²) in [5.41, 5.74) is 1.36. The Morgan fingerprint density at radius 2 is 2.14 bits per heavy atom.